The van der Waals surface area contributed by atoms with Gasteiger partial charge in [-0.1, -0.05) is 0 Å². The highest BCUT2D eigenvalue weighted by Crippen LogP contribution is 2.39. The minimum Gasteiger partial charge on any atom is -0.337 e. The van der Waals surface area contributed by atoms with Gasteiger partial charge in [-0.2, -0.15) is 0 Å². The summed E-state index contributed by atoms with van der Waals surface area (Å²) in [6.07, 6.45) is 6.83. The van der Waals surface area contributed by atoms with Crippen molar-refractivity contribution in [1.82, 2.24) is 24.8 Å². The molecule has 8 heteroatoms. The average Bonchev–Trinajstić information content (AvgIpc) is 3.13. The fraction of sp³-hybridized carbons (Fsp3) is 0.550. The van der Waals surface area contributed by atoms with Gasteiger partial charge >= 0.3 is 0 Å². The molecule has 4 rings (SSSR count). The number of nitrogens with zero attached hydrogens (tertiary/aromatic N) is 5. The monoisotopic (exact) mass is 399 g/mol. The molecule has 2 aromatic heterocycles. The maximum absolute atomic E-state index is 12.9. The molecule has 2 aromatic rings. The lowest BCUT2D eigenvalue weighted by atomic mass is 9.73. The van der Waals surface area contributed by atoms with Crippen LogP contribution in [0.5, 0.6) is 0 Å². The first-order chi connectivity index (χ1) is 13.4. The number of hydrogen-bond acceptors (Lipinski definition) is 6. The van der Waals surface area contributed by atoms with E-state index in [-0.39, 0.29) is 17.2 Å². The van der Waals surface area contributed by atoms with Crippen LogP contribution in [0.15, 0.2) is 17.8 Å². The van der Waals surface area contributed by atoms with Gasteiger partial charge in [0, 0.05) is 43.0 Å². The van der Waals surface area contributed by atoms with Gasteiger partial charge in [-0.05, 0) is 33.1 Å². The molecular weight excluding hydrogens is 374 g/mol. The molecule has 0 aromatic carbocycles. The molecule has 7 nitrogen and oxygen atoms in total. The summed E-state index contributed by atoms with van der Waals surface area (Å²) in [6, 6.07) is 0. The molecule has 2 aliphatic heterocycles. The van der Waals surface area contributed by atoms with Crippen molar-refractivity contribution in [3.63, 3.8) is 0 Å². The van der Waals surface area contributed by atoms with Gasteiger partial charge in [0.2, 0.25) is 5.91 Å². The van der Waals surface area contributed by atoms with Crippen LogP contribution in [0.3, 0.4) is 0 Å². The van der Waals surface area contributed by atoms with Gasteiger partial charge in [-0.25, -0.2) is 4.98 Å². The molecule has 28 heavy (non-hydrogen) atoms. The van der Waals surface area contributed by atoms with Crippen LogP contribution in [0, 0.1) is 19.3 Å². The van der Waals surface area contributed by atoms with Gasteiger partial charge in [-0.3, -0.25) is 19.6 Å². The van der Waals surface area contributed by atoms with Crippen LogP contribution in [0.4, 0.5) is 0 Å². The van der Waals surface area contributed by atoms with E-state index in [1.165, 1.54) is 11.3 Å². The number of carbonyl (C=O) groups excluding carboxylic acids is 2. The molecule has 0 saturated carbocycles. The number of thiazole rings is 1. The Hall–Kier alpha value is -2.35. The second-order valence-corrected chi connectivity index (χ2v) is 9.04. The van der Waals surface area contributed by atoms with Crippen LogP contribution in [0.2, 0.25) is 0 Å². The highest BCUT2D eigenvalue weighted by Gasteiger charge is 2.43. The van der Waals surface area contributed by atoms with Crippen LogP contribution in [-0.2, 0) is 11.3 Å². The van der Waals surface area contributed by atoms with Crippen molar-refractivity contribution in [3.8, 4) is 0 Å². The third kappa shape index (κ3) is 3.92. The molecular formula is C20H25N5O2S. The summed E-state index contributed by atoms with van der Waals surface area (Å²) in [5, 5.41) is 2.75. The summed E-state index contributed by atoms with van der Waals surface area (Å²) in [7, 11) is 0. The first kappa shape index (κ1) is 19.0. The van der Waals surface area contributed by atoms with Gasteiger partial charge in [0.05, 0.1) is 29.1 Å². The summed E-state index contributed by atoms with van der Waals surface area (Å²) in [4.78, 5) is 42.3. The van der Waals surface area contributed by atoms with Gasteiger partial charge in [-0.15, -0.1) is 11.3 Å². The third-order valence-corrected chi connectivity index (χ3v) is 6.50. The smallest absolute Gasteiger partial charge is 0.273 e. The molecule has 0 bridgehead atoms. The Morgan fingerprint density at radius 1 is 1.21 bits per heavy atom. The molecule has 1 spiro atoms. The number of piperidine rings is 2. The summed E-state index contributed by atoms with van der Waals surface area (Å²) in [5.41, 5.74) is 2.17. The molecule has 2 aliphatic rings. The molecule has 4 heterocycles. The van der Waals surface area contributed by atoms with E-state index in [0.29, 0.717) is 31.7 Å². The Morgan fingerprint density at radius 3 is 2.79 bits per heavy atom. The summed E-state index contributed by atoms with van der Waals surface area (Å²) in [6.45, 7) is 6.40. The lowest BCUT2D eigenvalue weighted by Crippen LogP contribution is -2.54. The Labute approximate surface area is 168 Å². The van der Waals surface area contributed by atoms with Crippen molar-refractivity contribution >= 4 is 23.2 Å². The van der Waals surface area contributed by atoms with E-state index in [1.54, 1.807) is 12.4 Å². The topological polar surface area (TPSA) is 79.3 Å². The number of aromatic nitrogens is 3. The fourth-order valence-corrected chi connectivity index (χ4v) is 4.87. The van der Waals surface area contributed by atoms with Crippen LogP contribution < -0.4 is 0 Å². The van der Waals surface area contributed by atoms with Gasteiger partial charge in [0.15, 0.2) is 0 Å². The summed E-state index contributed by atoms with van der Waals surface area (Å²) >= 11 is 1.50. The maximum atomic E-state index is 12.9. The minimum absolute atomic E-state index is 0.0104. The van der Waals surface area contributed by atoms with Crippen molar-refractivity contribution in [2.24, 2.45) is 5.41 Å². The second-order valence-electron chi connectivity index (χ2n) is 7.98. The maximum Gasteiger partial charge on any atom is 0.273 e. The quantitative estimate of drug-likeness (QED) is 0.793. The number of aryl methyl sites for hydroxylation is 2. The van der Waals surface area contributed by atoms with Crippen molar-refractivity contribution in [3.05, 3.63) is 39.9 Å². The molecule has 2 amide bonds. The Balaban J connectivity index is 1.47. The predicted octanol–water partition coefficient (Wildman–Crippen LogP) is 2.59. The molecule has 2 fully saturated rings. The molecule has 2 saturated heterocycles. The molecule has 0 unspecified atom stereocenters. The van der Waals surface area contributed by atoms with E-state index in [4.69, 9.17) is 0 Å². The van der Waals surface area contributed by atoms with E-state index >= 15 is 0 Å². The second kappa shape index (κ2) is 7.58. The largest absolute Gasteiger partial charge is 0.337 e. The number of likely N-dealkylation sites (tertiary alicyclic amines) is 2. The SMILES string of the molecule is Cc1cnc(CN2C[C@@]3(CCCN(C(=O)c4csc(C)n4)C3)CCC2=O)cn1. The van der Waals surface area contributed by atoms with E-state index < -0.39 is 0 Å². The fourth-order valence-electron chi connectivity index (χ4n) is 4.28. The molecule has 1 atom stereocenters. The Kier molecular flexibility index (Phi) is 5.14. The van der Waals surface area contributed by atoms with Crippen LogP contribution >= 0.6 is 11.3 Å². The first-order valence-electron chi connectivity index (χ1n) is 9.71. The van der Waals surface area contributed by atoms with Gasteiger partial charge in [0.25, 0.3) is 5.91 Å². The number of hydrogen-bond donors (Lipinski definition) is 0. The van der Waals surface area contributed by atoms with E-state index in [9.17, 15) is 9.59 Å². The zero-order chi connectivity index (χ0) is 19.7. The molecule has 0 aliphatic carbocycles. The van der Waals surface area contributed by atoms with E-state index in [1.807, 2.05) is 29.0 Å². The number of amides is 2. The van der Waals surface area contributed by atoms with Crippen molar-refractivity contribution < 1.29 is 9.59 Å². The highest BCUT2D eigenvalue weighted by atomic mass is 32.1. The van der Waals surface area contributed by atoms with Crippen molar-refractivity contribution in [2.45, 2.75) is 46.1 Å². The molecule has 148 valence electrons. The Bertz CT molecular complexity index is 881. The average molecular weight is 400 g/mol. The van der Waals surface area contributed by atoms with Crippen LogP contribution in [0.25, 0.3) is 0 Å². The van der Waals surface area contributed by atoms with Gasteiger partial charge in [0.1, 0.15) is 5.69 Å². The predicted molar refractivity (Wildman–Crippen MR) is 106 cm³/mol. The Morgan fingerprint density at radius 2 is 2.07 bits per heavy atom. The lowest BCUT2D eigenvalue weighted by Gasteiger charge is -2.48. The number of carbonyl (C=O) groups is 2. The normalized spacial score (nSPS) is 22.7. The highest BCUT2D eigenvalue weighted by molar-refractivity contribution is 7.09. The zero-order valence-corrected chi connectivity index (χ0v) is 17.2. The lowest BCUT2D eigenvalue weighted by molar-refractivity contribution is -0.139. The van der Waals surface area contributed by atoms with Gasteiger partial charge < -0.3 is 9.80 Å². The third-order valence-electron chi connectivity index (χ3n) is 5.72. The summed E-state index contributed by atoms with van der Waals surface area (Å²) in [5.74, 6) is 0.169. The van der Waals surface area contributed by atoms with Crippen LogP contribution in [0.1, 0.15) is 52.6 Å². The molecule has 0 N–H and O–H groups in total. The summed E-state index contributed by atoms with van der Waals surface area (Å²) < 4.78 is 0. The molecule has 0 radical (unpaired) electrons. The van der Waals surface area contributed by atoms with Crippen molar-refractivity contribution in [2.75, 3.05) is 19.6 Å². The first-order valence-corrected chi connectivity index (χ1v) is 10.6. The zero-order valence-electron chi connectivity index (χ0n) is 16.3. The van der Waals surface area contributed by atoms with E-state index in [0.717, 1.165) is 42.2 Å². The van der Waals surface area contributed by atoms with E-state index in [2.05, 4.69) is 15.0 Å². The minimum atomic E-state index is -0.0367. The van der Waals surface area contributed by atoms with Crippen LogP contribution in [-0.4, -0.2) is 56.2 Å². The van der Waals surface area contributed by atoms with Crippen molar-refractivity contribution in [1.29, 1.82) is 0 Å². The standard InChI is InChI=1S/C20H25N5O2S/c1-14-8-22-16(9-21-14)10-25-13-20(6-4-18(25)26)5-3-7-24(12-20)19(27)17-11-28-15(2)23-17/h8-9,11H,3-7,10,12-13H2,1-2H3/t20-/m0/s1. The number of rotatable bonds is 3.